The van der Waals surface area contributed by atoms with Crippen LogP contribution in [0.1, 0.15) is 40.7 Å². The molecule has 1 saturated heterocycles. The molecule has 1 aliphatic heterocycles. The highest BCUT2D eigenvalue weighted by Gasteiger charge is 2.22. The van der Waals surface area contributed by atoms with Crippen LogP contribution < -0.4 is 9.64 Å². The molecular formula is C26H35N3O3. The van der Waals surface area contributed by atoms with E-state index in [9.17, 15) is 9.59 Å². The van der Waals surface area contributed by atoms with E-state index >= 15 is 0 Å². The number of carbonyl (C=O) groups excluding carboxylic acids is 2. The smallest absolute Gasteiger partial charge is 0.253 e. The van der Waals surface area contributed by atoms with Crippen molar-refractivity contribution >= 4 is 17.5 Å². The summed E-state index contributed by atoms with van der Waals surface area (Å²) in [4.78, 5) is 31.4. The molecule has 32 heavy (non-hydrogen) atoms. The third-order valence-electron chi connectivity index (χ3n) is 5.96. The molecule has 0 atom stereocenters. The molecule has 0 N–H and O–H groups in total. The summed E-state index contributed by atoms with van der Waals surface area (Å²) in [5, 5.41) is 0. The van der Waals surface area contributed by atoms with Gasteiger partial charge in [-0.25, -0.2) is 0 Å². The third kappa shape index (κ3) is 6.02. The number of rotatable bonds is 7. The van der Waals surface area contributed by atoms with Crippen molar-refractivity contribution in [1.82, 2.24) is 9.80 Å². The van der Waals surface area contributed by atoms with Gasteiger partial charge in [0.05, 0.1) is 6.61 Å². The van der Waals surface area contributed by atoms with E-state index in [1.165, 1.54) is 0 Å². The van der Waals surface area contributed by atoms with Crippen LogP contribution in [-0.2, 0) is 4.79 Å². The molecule has 6 heteroatoms. The number of hydrogen-bond donors (Lipinski definition) is 0. The number of anilines is 1. The second kappa shape index (κ2) is 11.0. The summed E-state index contributed by atoms with van der Waals surface area (Å²) in [5.74, 6) is 1.09. The van der Waals surface area contributed by atoms with Gasteiger partial charge in [-0.2, -0.15) is 0 Å². The van der Waals surface area contributed by atoms with Crippen molar-refractivity contribution in [2.75, 3.05) is 51.8 Å². The maximum Gasteiger partial charge on any atom is 0.253 e. The van der Waals surface area contributed by atoms with Gasteiger partial charge in [-0.15, -0.1) is 0 Å². The van der Waals surface area contributed by atoms with Gasteiger partial charge in [0.15, 0.2) is 0 Å². The maximum atomic E-state index is 12.9. The van der Waals surface area contributed by atoms with Crippen molar-refractivity contribution in [2.45, 2.75) is 33.1 Å². The maximum absolute atomic E-state index is 12.9. The van der Waals surface area contributed by atoms with E-state index in [-0.39, 0.29) is 11.8 Å². The van der Waals surface area contributed by atoms with Crippen LogP contribution in [0.4, 0.5) is 5.69 Å². The van der Waals surface area contributed by atoms with Gasteiger partial charge in [0.2, 0.25) is 5.91 Å². The Balaban J connectivity index is 1.46. The zero-order chi connectivity index (χ0) is 23.1. The highest BCUT2D eigenvalue weighted by Crippen LogP contribution is 2.22. The van der Waals surface area contributed by atoms with Gasteiger partial charge in [-0.05, 0) is 62.1 Å². The molecule has 6 nitrogen and oxygen atoms in total. The number of nitrogens with zero attached hydrogens (tertiary/aromatic N) is 3. The quantitative estimate of drug-likeness (QED) is 0.617. The highest BCUT2D eigenvalue weighted by atomic mass is 16.5. The molecule has 1 fully saturated rings. The first-order valence-electron chi connectivity index (χ1n) is 11.4. The van der Waals surface area contributed by atoms with Crippen LogP contribution in [0.5, 0.6) is 5.75 Å². The van der Waals surface area contributed by atoms with Gasteiger partial charge in [0.1, 0.15) is 5.75 Å². The predicted molar refractivity (Wildman–Crippen MR) is 129 cm³/mol. The Bertz CT molecular complexity index is 904. The summed E-state index contributed by atoms with van der Waals surface area (Å²) in [7, 11) is 3.96. The summed E-state index contributed by atoms with van der Waals surface area (Å²) in [5.41, 5.74) is 3.99. The minimum absolute atomic E-state index is 0.0339. The van der Waals surface area contributed by atoms with Crippen LogP contribution in [-0.4, -0.2) is 68.5 Å². The number of amides is 2. The largest absolute Gasteiger partial charge is 0.493 e. The number of carbonyl (C=O) groups is 2. The zero-order valence-corrected chi connectivity index (χ0v) is 19.8. The Morgan fingerprint density at radius 1 is 0.906 bits per heavy atom. The van der Waals surface area contributed by atoms with Crippen LogP contribution in [0.3, 0.4) is 0 Å². The average molecular weight is 438 g/mol. The fraction of sp³-hybridized carbons (Fsp3) is 0.462. The fourth-order valence-corrected chi connectivity index (χ4v) is 4.04. The van der Waals surface area contributed by atoms with Gasteiger partial charge in [0.25, 0.3) is 5.91 Å². The first kappa shape index (κ1) is 23.6. The third-order valence-corrected chi connectivity index (χ3v) is 5.96. The lowest BCUT2D eigenvalue weighted by atomic mass is 10.1. The topological polar surface area (TPSA) is 53.1 Å². The molecule has 2 amide bonds. The molecule has 2 aromatic carbocycles. The SMILES string of the molecule is Cc1cccc(C)c1OCCCC(=O)N1CCCN(C(=O)c2ccc(N(C)C)cc2)CC1. The average Bonchev–Trinajstić information content (AvgIpc) is 3.04. The second-order valence-corrected chi connectivity index (χ2v) is 8.64. The van der Waals surface area contributed by atoms with Crippen molar-refractivity contribution in [3.8, 4) is 5.75 Å². The molecule has 0 aliphatic carbocycles. The number of para-hydroxylation sites is 1. The predicted octanol–water partition coefficient (Wildman–Crippen LogP) is 3.90. The number of aryl methyl sites for hydroxylation is 2. The summed E-state index contributed by atoms with van der Waals surface area (Å²) in [6, 6.07) is 13.8. The first-order valence-corrected chi connectivity index (χ1v) is 11.4. The van der Waals surface area contributed by atoms with Gasteiger partial charge in [-0.3, -0.25) is 9.59 Å². The summed E-state index contributed by atoms with van der Waals surface area (Å²) in [6.07, 6.45) is 1.95. The zero-order valence-electron chi connectivity index (χ0n) is 19.8. The number of hydrogen-bond acceptors (Lipinski definition) is 4. The Labute approximate surface area is 191 Å². The molecule has 0 saturated carbocycles. The molecule has 0 radical (unpaired) electrons. The van der Waals surface area contributed by atoms with Crippen molar-refractivity contribution in [1.29, 1.82) is 0 Å². The standard InChI is InChI=1S/C26H35N3O3/c1-20-8-5-9-21(2)25(20)32-19-6-10-24(30)28-15-7-16-29(18-17-28)26(31)22-11-13-23(14-12-22)27(3)4/h5,8-9,11-14H,6-7,10,15-19H2,1-4H3. The Morgan fingerprint density at radius 2 is 1.53 bits per heavy atom. The molecule has 1 heterocycles. The van der Waals surface area contributed by atoms with E-state index in [1.807, 2.05) is 85.1 Å². The van der Waals surface area contributed by atoms with Gasteiger partial charge in [-0.1, -0.05) is 18.2 Å². The van der Waals surface area contributed by atoms with Gasteiger partial charge in [0, 0.05) is 57.9 Å². The molecule has 3 rings (SSSR count). The van der Waals surface area contributed by atoms with Crippen LogP contribution in [0.2, 0.25) is 0 Å². The lowest BCUT2D eigenvalue weighted by Gasteiger charge is -2.22. The van der Waals surface area contributed by atoms with Crippen LogP contribution in [0, 0.1) is 13.8 Å². The van der Waals surface area contributed by atoms with Crippen molar-refractivity contribution < 1.29 is 14.3 Å². The van der Waals surface area contributed by atoms with E-state index in [2.05, 4.69) is 0 Å². The van der Waals surface area contributed by atoms with Gasteiger partial charge >= 0.3 is 0 Å². The second-order valence-electron chi connectivity index (χ2n) is 8.64. The van der Waals surface area contributed by atoms with Crippen LogP contribution >= 0.6 is 0 Å². The Hall–Kier alpha value is -3.02. The molecule has 0 unspecified atom stereocenters. The lowest BCUT2D eigenvalue weighted by molar-refractivity contribution is -0.131. The van der Waals surface area contributed by atoms with E-state index in [1.54, 1.807) is 0 Å². The number of benzene rings is 2. The molecule has 172 valence electrons. The first-order chi connectivity index (χ1) is 15.4. The Kier molecular flexibility index (Phi) is 8.14. The summed E-state index contributed by atoms with van der Waals surface area (Å²) in [6.45, 7) is 7.12. The summed E-state index contributed by atoms with van der Waals surface area (Å²) < 4.78 is 5.92. The molecule has 0 bridgehead atoms. The van der Waals surface area contributed by atoms with Crippen molar-refractivity contribution in [2.24, 2.45) is 0 Å². The van der Waals surface area contributed by atoms with E-state index in [4.69, 9.17) is 4.74 Å². The van der Waals surface area contributed by atoms with Crippen LogP contribution in [0.25, 0.3) is 0 Å². The van der Waals surface area contributed by atoms with E-state index < -0.39 is 0 Å². The fourth-order valence-electron chi connectivity index (χ4n) is 4.04. The molecule has 2 aromatic rings. The molecule has 0 aromatic heterocycles. The van der Waals surface area contributed by atoms with Crippen LogP contribution in [0.15, 0.2) is 42.5 Å². The highest BCUT2D eigenvalue weighted by molar-refractivity contribution is 5.94. The van der Waals surface area contributed by atoms with E-state index in [0.717, 1.165) is 29.0 Å². The monoisotopic (exact) mass is 437 g/mol. The molecule has 0 spiro atoms. The van der Waals surface area contributed by atoms with E-state index in [0.29, 0.717) is 51.2 Å². The minimum Gasteiger partial charge on any atom is -0.493 e. The summed E-state index contributed by atoms with van der Waals surface area (Å²) >= 11 is 0. The minimum atomic E-state index is 0.0339. The van der Waals surface area contributed by atoms with Gasteiger partial charge < -0.3 is 19.4 Å². The normalized spacial score (nSPS) is 14.1. The molecular weight excluding hydrogens is 402 g/mol. The number of ether oxygens (including phenoxy) is 1. The lowest BCUT2D eigenvalue weighted by Crippen LogP contribution is -2.37. The van der Waals surface area contributed by atoms with Crippen molar-refractivity contribution in [3.63, 3.8) is 0 Å². The Morgan fingerprint density at radius 3 is 2.19 bits per heavy atom. The van der Waals surface area contributed by atoms with Crippen molar-refractivity contribution in [3.05, 3.63) is 59.2 Å². The molecule has 1 aliphatic rings.